The Hall–Kier alpha value is -1.42. The zero-order chi connectivity index (χ0) is 12.7. The van der Waals surface area contributed by atoms with Crippen molar-refractivity contribution in [3.05, 3.63) is 30.1 Å². The van der Waals surface area contributed by atoms with Gasteiger partial charge in [-0.1, -0.05) is 25.8 Å². The summed E-state index contributed by atoms with van der Waals surface area (Å²) in [6.45, 7) is 4.50. The standard InChI is InChI=1S/C13H20N2O2/c1-3-4-5-9-15-13(2,12(16)17)11-7-6-8-14-10-11/h6-8,10,15H,3-5,9H2,1-2H3,(H,16,17). The Morgan fingerprint density at radius 1 is 1.53 bits per heavy atom. The smallest absolute Gasteiger partial charge is 0.328 e. The molecule has 0 aliphatic carbocycles. The van der Waals surface area contributed by atoms with E-state index in [-0.39, 0.29) is 0 Å². The number of nitrogens with one attached hydrogen (secondary N) is 1. The van der Waals surface area contributed by atoms with Crippen LogP contribution in [0.25, 0.3) is 0 Å². The molecule has 2 N–H and O–H groups in total. The molecule has 1 aromatic heterocycles. The van der Waals surface area contributed by atoms with Crippen molar-refractivity contribution in [3.8, 4) is 0 Å². The Bertz CT molecular complexity index is 354. The van der Waals surface area contributed by atoms with Crippen LogP contribution < -0.4 is 5.32 Å². The van der Waals surface area contributed by atoms with Gasteiger partial charge in [0, 0.05) is 18.0 Å². The average Bonchev–Trinajstić information content (AvgIpc) is 2.35. The molecule has 0 aromatic carbocycles. The fraction of sp³-hybridized carbons (Fsp3) is 0.538. The lowest BCUT2D eigenvalue weighted by molar-refractivity contribution is -0.144. The fourth-order valence-electron chi connectivity index (χ4n) is 1.67. The van der Waals surface area contributed by atoms with Gasteiger partial charge in [0.05, 0.1) is 0 Å². The minimum atomic E-state index is -1.05. The predicted molar refractivity (Wildman–Crippen MR) is 66.8 cm³/mol. The Labute approximate surface area is 102 Å². The molecule has 0 saturated carbocycles. The maximum absolute atomic E-state index is 11.4. The van der Waals surface area contributed by atoms with E-state index >= 15 is 0 Å². The minimum Gasteiger partial charge on any atom is -0.480 e. The summed E-state index contributed by atoms with van der Waals surface area (Å²) in [6, 6.07) is 3.54. The first-order chi connectivity index (χ1) is 8.11. The molecule has 94 valence electrons. The quantitative estimate of drug-likeness (QED) is 0.712. The van der Waals surface area contributed by atoms with Gasteiger partial charge < -0.3 is 5.11 Å². The van der Waals surface area contributed by atoms with E-state index < -0.39 is 11.5 Å². The molecule has 1 rings (SSSR count). The van der Waals surface area contributed by atoms with Crippen LogP contribution in [-0.2, 0) is 10.3 Å². The van der Waals surface area contributed by atoms with Gasteiger partial charge in [-0.3, -0.25) is 10.3 Å². The summed E-state index contributed by atoms with van der Waals surface area (Å²) in [5.74, 6) is -0.873. The number of carboxylic acids is 1. The predicted octanol–water partition coefficient (Wildman–Crippen LogP) is 2.16. The molecule has 0 aliphatic heterocycles. The highest BCUT2D eigenvalue weighted by Gasteiger charge is 2.34. The zero-order valence-electron chi connectivity index (χ0n) is 10.4. The molecule has 4 heteroatoms. The number of hydrogen-bond acceptors (Lipinski definition) is 3. The lowest BCUT2D eigenvalue weighted by Gasteiger charge is -2.26. The minimum absolute atomic E-state index is 0.684. The number of hydrogen-bond donors (Lipinski definition) is 2. The molecule has 4 nitrogen and oxygen atoms in total. The van der Waals surface area contributed by atoms with Crippen LogP contribution in [0.15, 0.2) is 24.5 Å². The number of nitrogens with zero attached hydrogens (tertiary/aromatic N) is 1. The highest BCUT2D eigenvalue weighted by molar-refractivity contribution is 5.80. The third-order valence-electron chi connectivity index (χ3n) is 2.93. The van der Waals surface area contributed by atoms with Gasteiger partial charge in [-0.15, -0.1) is 0 Å². The second-order valence-electron chi connectivity index (χ2n) is 4.31. The Kier molecular flexibility index (Phi) is 5.10. The van der Waals surface area contributed by atoms with E-state index in [0.717, 1.165) is 19.3 Å². The largest absolute Gasteiger partial charge is 0.480 e. The van der Waals surface area contributed by atoms with E-state index in [1.807, 2.05) is 0 Å². The Morgan fingerprint density at radius 3 is 2.82 bits per heavy atom. The average molecular weight is 236 g/mol. The van der Waals surface area contributed by atoms with Crippen molar-refractivity contribution in [2.24, 2.45) is 0 Å². The van der Waals surface area contributed by atoms with Crippen LogP contribution in [0.4, 0.5) is 0 Å². The molecule has 17 heavy (non-hydrogen) atoms. The molecule has 0 saturated heterocycles. The van der Waals surface area contributed by atoms with Crippen molar-refractivity contribution in [3.63, 3.8) is 0 Å². The monoisotopic (exact) mass is 236 g/mol. The summed E-state index contributed by atoms with van der Waals surface area (Å²) in [5, 5.41) is 12.5. The third-order valence-corrected chi connectivity index (χ3v) is 2.93. The molecular formula is C13H20N2O2. The summed E-state index contributed by atoms with van der Waals surface area (Å²) in [7, 11) is 0. The van der Waals surface area contributed by atoms with Crippen molar-refractivity contribution in [1.82, 2.24) is 10.3 Å². The Balaban J connectivity index is 2.73. The summed E-state index contributed by atoms with van der Waals surface area (Å²) >= 11 is 0. The fourth-order valence-corrected chi connectivity index (χ4v) is 1.67. The van der Waals surface area contributed by atoms with E-state index in [9.17, 15) is 9.90 Å². The highest BCUT2D eigenvalue weighted by Crippen LogP contribution is 2.20. The van der Waals surface area contributed by atoms with Gasteiger partial charge in [0.2, 0.25) is 0 Å². The first-order valence-electron chi connectivity index (χ1n) is 6.00. The van der Waals surface area contributed by atoms with Gasteiger partial charge in [-0.05, 0) is 26.0 Å². The molecule has 0 fully saturated rings. The summed E-state index contributed by atoms with van der Waals surface area (Å²) in [6.07, 6.45) is 6.46. The van der Waals surface area contributed by atoms with Gasteiger partial charge in [0.25, 0.3) is 0 Å². The number of carboxylic acid groups (broad SMARTS) is 1. The van der Waals surface area contributed by atoms with Gasteiger partial charge in [-0.25, -0.2) is 4.79 Å². The molecule has 1 heterocycles. The molecule has 0 radical (unpaired) electrons. The molecule has 1 atom stereocenters. The SMILES string of the molecule is CCCCCNC(C)(C(=O)O)c1cccnc1. The lowest BCUT2D eigenvalue weighted by Crippen LogP contribution is -2.47. The number of aliphatic carboxylic acids is 1. The molecule has 1 unspecified atom stereocenters. The maximum atomic E-state index is 11.4. The van der Waals surface area contributed by atoms with Crippen LogP contribution in [0.2, 0.25) is 0 Å². The van der Waals surface area contributed by atoms with Crippen LogP contribution in [0.3, 0.4) is 0 Å². The summed E-state index contributed by atoms with van der Waals surface area (Å²) in [5.41, 5.74) is -0.369. The second kappa shape index (κ2) is 6.35. The van der Waals surface area contributed by atoms with E-state index in [2.05, 4.69) is 17.2 Å². The summed E-state index contributed by atoms with van der Waals surface area (Å²) < 4.78 is 0. The third kappa shape index (κ3) is 3.53. The number of carbonyl (C=O) groups is 1. The second-order valence-corrected chi connectivity index (χ2v) is 4.31. The lowest BCUT2D eigenvalue weighted by atomic mass is 9.93. The van der Waals surface area contributed by atoms with Crippen LogP contribution >= 0.6 is 0 Å². The van der Waals surface area contributed by atoms with Gasteiger partial charge in [0.15, 0.2) is 0 Å². The molecule has 0 amide bonds. The van der Waals surface area contributed by atoms with E-state index in [4.69, 9.17) is 0 Å². The van der Waals surface area contributed by atoms with Gasteiger partial charge in [-0.2, -0.15) is 0 Å². The number of rotatable bonds is 7. The molecule has 0 aliphatic rings. The van der Waals surface area contributed by atoms with Crippen molar-refractivity contribution >= 4 is 5.97 Å². The van der Waals surface area contributed by atoms with E-state index in [1.165, 1.54) is 0 Å². The zero-order valence-corrected chi connectivity index (χ0v) is 10.4. The number of pyridine rings is 1. The highest BCUT2D eigenvalue weighted by atomic mass is 16.4. The van der Waals surface area contributed by atoms with Crippen molar-refractivity contribution in [2.75, 3.05) is 6.54 Å². The van der Waals surface area contributed by atoms with Crippen LogP contribution in [0.5, 0.6) is 0 Å². The number of aromatic nitrogens is 1. The maximum Gasteiger partial charge on any atom is 0.328 e. The van der Waals surface area contributed by atoms with Crippen LogP contribution in [0, 0.1) is 0 Å². The summed E-state index contributed by atoms with van der Waals surface area (Å²) in [4.78, 5) is 15.4. The topological polar surface area (TPSA) is 62.2 Å². The first-order valence-corrected chi connectivity index (χ1v) is 6.00. The Morgan fingerprint density at radius 2 is 2.29 bits per heavy atom. The van der Waals surface area contributed by atoms with E-state index in [0.29, 0.717) is 12.1 Å². The van der Waals surface area contributed by atoms with E-state index in [1.54, 1.807) is 31.5 Å². The molecular weight excluding hydrogens is 216 g/mol. The van der Waals surface area contributed by atoms with Gasteiger partial charge >= 0.3 is 5.97 Å². The van der Waals surface area contributed by atoms with Crippen LogP contribution in [0.1, 0.15) is 38.7 Å². The normalized spacial score (nSPS) is 14.2. The molecule has 0 spiro atoms. The number of unbranched alkanes of at least 4 members (excludes halogenated alkanes) is 2. The van der Waals surface area contributed by atoms with Crippen LogP contribution in [-0.4, -0.2) is 22.6 Å². The van der Waals surface area contributed by atoms with Crippen molar-refractivity contribution < 1.29 is 9.90 Å². The molecule has 1 aromatic rings. The molecule has 0 bridgehead atoms. The van der Waals surface area contributed by atoms with Crippen molar-refractivity contribution in [2.45, 2.75) is 38.6 Å². The van der Waals surface area contributed by atoms with Crippen molar-refractivity contribution in [1.29, 1.82) is 0 Å². The first kappa shape index (κ1) is 13.6. The van der Waals surface area contributed by atoms with Gasteiger partial charge in [0.1, 0.15) is 5.54 Å².